The predicted molar refractivity (Wildman–Crippen MR) is 80.1 cm³/mol. The largest absolute Gasteiger partial charge is 0.493 e. The Balaban J connectivity index is 1.66. The number of hydrogen-bond donors (Lipinski definition) is 2. The van der Waals surface area contributed by atoms with Gasteiger partial charge in [0.05, 0.1) is 6.61 Å². The number of amides is 1. The van der Waals surface area contributed by atoms with Crippen LogP contribution in [-0.4, -0.2) is 31.6 Å². The third-order valence-corrected chi connectivity index (χ3v) is 3.74. The summed E-state index contributed by atoms with van der Waals surface area (Å²) in [6, 6.07) is 8.42. The van der Waals surface area contributed by atoms with E-state index in [9.17, 15) is 4.79 Å². The summed E-state index contributed by atoms with van der Waals surface area (Å²) in [4.78, 5) is 11.6. The summed E-state index contributed by atoms with van der Waals surface area (Å²) < 4.78 is 5.64. The van der Waals surface area contributed by atoms with Gasteiger partial charge >= 0.3 is 0 Å². The van der Waals surface area contributed by atoms with Crippen LogP contribution in [0.25, 0.3) is 0 Å². The first-order valence-corrected chi connectivity index (χ1v) is 7.42. The molecule has 1 heterocycles. The van der Waals surface area contributed by atoms with Gasteiger partial charge in [0.2, 0.25) is 5.91 Å². The van der Waals surface area contributed by atoms with Gasteiger partial charge in [0.15, 0.2) is 0 Å². The first-order chi connectivity index (χ1) is 9.70. The van der Waals surface area contributed by atoms with Crippen LogP contribution in [-0.2, 0) is 4.79 Å². The summed E-state index contributed by atoms with van der Waals surface area (Å²) in [5, 5.41) is 6.32. The van der Waals surface area contributed by atoms with Crippen molar-refractivity contribution >= 4 is 5.91 Å². The van der Waals surface area contributed by atoms with E-state index < -0.39 is 0 Å². The average Bonchev–Trinajstić information content (AvgIpc) is 2.87. The number of carbonyl (C=O) groups excluding carboxylic acids is 1. The van der Waals surface area contributed by atoms with Crippen LogP contribution in [0.3, 0.4) is 0 Å². The molecule has 2 atom stereocenters. The zero-order valence-electron chi connectivity index (χ0n) is 12.3. The number of carbonyl (C=O) groups is 1. The zero-order valence-corrected chi connectivity index (χ0v) is 12.3. The van der Waals surface area contributed by atoms with E-state index in [0.29, 0.717) is 18.9 Å². The van der Waals surface area contributed by atoms with Gasteiger partial charge in [-0.1, -0.05) is 25.1 Å². The lowest BCUT2D eigenvalue weighted by Crippen LogP contribution is -2.34. The maximum absolute atomic E-state index is 11.6. The highest BCUT2D eigenvalue weighted by molar-refractivity contribution is 5.76. The van der Waals surface area contributed by atoms with E-state index in [1.54, 1.807) is 0 Å². The Morgan fingerprint density at radius 2 is 2.25 bits per heavy atom. The molecule has 1 aromatic rings. The smallest absolute Gasteiger partial charge is 0.221 e. The van der Waals surface area contributed by atoms with Gasteiger partial charge in [-0.15, -0.1) is 0 Å². The second kappa shape index (κ2) is 7.29. The molecule has 0 aliphatic carbocycles. The maximum Gasteiger partial charge on any atom is 0.221 e. The van der Waals surface area contributed by atoms with Gasteiger partial charge in [0.25, 0.3) is 0 Å². The van der Waals surface area contributed by atoms with E-state index in [-0.39, 0.29) is 11.9 Å². The average molecular weight is 276 g/mol. The Hall–Kier alpha value is -1.55. The van der Waals surface area contributed by atoms with Crippen molar-refractivity contribution in [3.63, 3.8) is 0 Å². The van der Waals surface area contributed by atoms with Crippen LogP contribution in [0.5, 0.6) is 5.75 Å². The molecule has 1 aliphatic heterocycles. The topological polar surface area (TPSA) is 50.4 Å². The Morgan fingerprint density at radius 3 is 3.05 bits per heavy atom. The number of rotatable bonds is 7. The normalized spacial score (nSPS) is 18.2. The second-order valence-electron chi connectivity index (χ2n) is 5.38. The van der Waals surface area contributed by atoms with Crippen molar-refractivity contribution in [2.24, 2.45) is 0 Å². The third kappa shape index (κ3) is 3.97. The Bertz CT molecular complexity index is 448. The summed E-state index contributed by atoms with van der Waals surface area (Å²) in [5.41, 5.74) is 1.27. The van der Waals surface area contributed by atoms with Gasteiger partial charge in [-0.3, -0.25) is 4.79 Å². The molecule has 0 saturated carbocycles. The summed E-state index contributed by atoms with van der Waals surface area (Å²) in [6.45, 7) is 6.39. The molecule has 1 aromatic carbocycles. The summed E-state index contributed by atoms with van der Waals surface area (Å²) in [7, 11) is 0. The van der Waals surface area contributed by atoms with Gasteiger partial charge in [0.1, 0.15) is 5.75 Å². The van der Waals surface area contributed by atoms with Crippen molar-refractivity contribution in [2.75, 3.05) is 19.7 Å². The molecule has 0 aromatic heterocycles. The van der Waals surface area contributed by atoms with Crippen LogP contribution < -0.4 is 15.4 Å². The lowest BCUT2D eigenvalue weighted by atomic mass is 10.0. The van der Waals surface area contributed by atoms with Crippen molar-refractivity contribution in [1.82, 2.24) is 10.6 Å². The van der Waals surface area contributed by atoms with E-state index in [1.807, 2.05) is 25.1 Å². The molecule has 1 aliphatic rings. The fourth-order valence-electron chi connectivity index (χ4n) is 2.33. The highest BCUT2D eigenvalue weighted by Gasteiger charge is 2.22. The van der Waals surface area contributed by atoms with Gasteiger partial charge < -0.3 is 15.4 Å². The quantitative estimate of drug-likeness (QED) is 0.750. The summed E-state index contributed by atoms with van der Waals surface area (Å²) in [6.07, 6.45) is 1.49. The summed E-state index contributed by atoms with van der Waals surface area (Å²) in [5.74, 6) is 1.51. The van der Waals surface area contributed by atoms with Crippen molar-refractivity contribution in [2.45, 2.75) is 38.6 Å². The zero-order chi connectivity index (χ0) is 14.4. The number of benzene rings is 1. The lowest BCUT2D eigenvalue weighted by Gasteiger charge is -2.13. The lowest BCUT2D eigenvalue weighted by molar-refractivity contribution is -0.121. The van der Waals surface area contributed by atoms with Gasteiger partial charge in [-0.2, -0.15) is 0 Å². The van der Waals surface area contributed by atoms with Crippen LogP contribution in [0.1, 0.15) is 38.2 Å². The van der Waals surface area contributed by atoms with E-state index in [2.05, 4.69) is 23.6 Å². The van der Waals surface area contributed by atoms with Gasteiger partial charge in [-0.25, -0.2) is 0 Å². The highest BCUT2D eigenvalue weighted by atomic mass is 16.5. The molecule has 2 rings (SSSR count). The molecule has 110 valence electrons. The van der Waals surface area contributed by atoms with Crippen LogP contribution >= 0.6 is 0 Å². The molecule has 0 radical (unpaired) electrons. The number of ether oxygens (including phenoxy) is 1. The first kappa shape index (κ1) is 14.9. The van der Waals surface area contributed by atoms with E-state index >= 15 is 0 Å². The van der Waals surface area contributed by atoms with E-state index in [1.165, 1.54) is 5.56 Å². The second-order valence-corrected chi connectivity index (χ2v) is 5.38. The number of hydrogen-bond acceptors (Lipinski definition) is 3. The summed E-state index contributed by atoms with van der Waals surface area (Å²) >= 11 is 0. The third-order valence-electron chi connectivity index (χ3n) is 3.74. The van der Waals surface area contributed by atoms with Crippen molar-refractivity contribution in [3.05, 3.63) is 29.8 Å². The fourth-order valence-corrected chi connectivity index (χ4v) is 2.33. The molecule has 20 heavy (non-hydrogen) atoms. The fraction of sp³-hybridized carbons (Fsp3) is 0.562. The molecule has 0 saturated heterocycles. The van der Waals surface area contributed by atoms with Crippen LogP contribution in [0.4, 0.5) is 0 Å². The Morgan fingerprint density at radius 1 is 1.45 bits per heavy atom. The minimum atomic E-state index is 0.120. The van der Waals surface area contributed by atoms with Crippen molar-refractivity contribution in [1.29, 1.82) is 0 Å². The minimum Gasteiger partial charge on any atom is -0.493 e. The Labute approximate surface area is 120 Å². The Kier molecular flexibility index (Phi) is 5.41. The van der Waals surface area contributed by atoms with Crippen molar-refractivity contribution in [3.8, 4) is 5.75 Å². The molecule has 0 fully saturated rings. The SMILES string of the molecule is CCC(C)NC(=O)CCNCC1COc2ccccc21. The van der Waals surface area contributed by atoms with Crippen LogP contribution in [0.2, 0.25) is 0 Å². The first-order valence-electron chi connectivity index (χ1n) is 7.42. The maximum atomic E-state index is 11.6. The van der Waals surface area contributed by atoms with Gasteiger partial charge in [0, 0.05) is 37.0 Å². The predicted octanol–water partition coefficient (Wildman–Crippen LogP) is 2.06. The van der Waals surface area contributed by atoms with Crippen LogP contribution in [0, 0.1) is 0 Å². The van der Waals surface area contributed by atoms with E-state index in [0.717, 1.165) is 25.3 Å². The monoisotopic (exact) mass is 276 g/mol. The number of nitrogens with one attached hydrogen (secondary N) is 2. The number of para-hydroxylation sites is 1. The molecule has 4 nitrogen and oxygen atoms in total. The highest BCUT2D eigenvalue weighted by Crippen LogP contribution is 2.32. The van der Waals surface area contributed by atoms with Gasteiger partial charge in [-0.05, 0) is 19.4 Å². The van der Waals surface area contributed by atoms with Crippen LogP contribution in [0.15, 0.2) is 24.3 Å². The molecule has 1 amide bonds. The molecule has 4 heteroatoms. The molecule has 0 spiro atoms. The molecule has 2 unspecified atom stereocenters. The molecular weight excluding hydrogens is 252 g/mol. The minimum absolute atomic E-state index is 0.120. The van der Waals surface area contributed by atoms with E-state index in [4.69, 9.17) is 4.74 Å². The number of fused-ring (bicyclic) bond motifs is 1. The standard InChI is InChI=1S/C16H24N2O2/c1-3-12(2)18-16(19)8-9-17-10-13-11-20-15-7-5-4-6-14(13)15/h4-7,12-13,17H,3,8-11H2,1-2H3,(H,18,19). The molecular formula is C16H24N2O2. The molecule has 2 N–H and O–H groups in total. The van der Waals surface area contributed by atoms with Crippen molar-refractivity contribution < 1.29 is 9.53 Å². The molecule has 0 bridgehead atoms.